The molecule has 1 aliphatic rings. The Morgan fingerprint density at radius 3 is 2.48 bits per heavy atom. The molecule has 10 heteroatoms. The van der Waals surface area contributed by atoms with Crippen LogP contribution in [0.15, 0.2) is 29.4 Å². The van der Waals surface area contributed by atoms with Crippen LogP contribution >= 0.6 is 11.8 Å². The summed E-state index contributed by atoms with van der Waals surface area (Å²) in [6.45, 7) is 0. The van der Waals surface area contributed by atoms with E-state index in [0.717, 1.165) is 17.7 Å². The van der Waals surface area contributed by atoms with E-state index in [-0.39, 0.29) is 17.4 Å². The number of thioether (sulfide) groups is 1. The standard InChI is InChI=1S/C15H16F3N3O2S2/c1-21-13(11-6-7-25(22,23)9-11)19-20-14(21)24-8-10-2-4-12(5-3-10)15(16,17)18/h2-5,11H,6-9H2,1H3/t11-/m0/s1. The van der Waals surface area contributed by atoms with Crippen molar-refractivity contribution in [1.82, 2.24) is 14.8 Å². The number of rotatable bonds is 4. The van der Waals surface area contributed by atoms with Crippen LogP contribution in [0.1, 0.15) is 29.3 Å². The minimum Gasteiger partial charge on any atom is -0.309 e. The highest BCUT2D eigenvalue weighted by Gasteiger charge is 2.32. The first-order chi connectivity index (χ1) is 11.7. The Balaban J connectivity index is 1.66. The van der Waals surface area contributed by atoms with Crippen molar-refractivity contribution in [2.24, 2.45) is 7.05 Å². The fraction of sp³-hybridized carbons (Fsp3) is 0.467. The summed E-state index contributed by atoms with van der Waals surface area (Å²) in [5.74, 6) is 1.19. The van der Waals surface area contributed by atoms with E-state index in [2.05, 4.69) is 10.2 Å². The van der Waals surface area contributed by atoms with Crippen molar-refractivity contribution < 1.29 is 21.6 Å². The molecule has 3 rings (SSSR count). The number of nitrogens with zero attached hydrogens (tertiary/aromatic N) is 3. The SMILES string of the molecule is Cn1c(SCc2ccc(C(F)(F)F)cc2)nnc1[C@H]1CCS(=O)(=O)C1. The quantitative estimate of drug-likeness (QED) is 0.750. The number of hydrogen-bond acceptors (Lipinski definition) is 5. The van der Waals surface area contributed by atoms with Gasteiger partial charge in [-0.25, -0.2) is 8.42 Å². The zero-order chi connectivity index (χ0) is 18.2. The van der Waals surface area contributed by atoms with Gasteiger partial charge in [-0.15, -0.1) is 10.2 Å². The third kappa shape index (κ3) is 4.17. The molecule has 0 N–H and O–H groups in total. The van der Waals surface area contributed by atoms with Gasteiger partial charge in [-0.2, -0.15) is 13.2 Å². The van der Waals surface area contributed by atoms with Gasteiger partial charge in [-0.1, -0.05) is 23.9 Å². The summed E-state index contributed by atoms with van der Waals surface area (Å²) in [6.07, 6.45) is -3.80. The molecule has 1 aromatic heterocycles. The lowest BCUT2D eigenvalue weighted by Crippen LogP contribution is -2.09. The van der Waals surface area contributed by atoms with Crippen molar-refractivity contribution in [3.8, 4) is 0 Å². The van der Waals surface area contributed by atoms with Crippen molar-refractivity contribution in [2.75, 3.05) is 11.5 Å². The molecule has 0 bridgehead atoms. The molecule has 0 spiro atoms. The van der Waals surface area contributed by atoms with Crippen LogP contribution in [0.3, 0.4) is 0 Å². The molecule has 1 aromatic carbocycles. The monoisotopic (exact) mass is 391 g/mol. The summed E-state index contributed by atoms with van der Waals surface area (Å²) in [5, 5.41) is 8.79. The van der Waals surface area contributed by atoms with E-state index in [1.807, 2.05) is 0 Å². The molecular weight excluding hydrogens is 375 g/mol. The molecule has 5 nitrogen and oxygen atoms in total. The first-order valence-electron chi connectivity index (χ1n) is 7.54. The predicted molar refractivity (Wildman–Crippen MR) is 88.0 cm³/mol. The zero-order valence-corrected chi connectivity index (χ0v) is 15.0. The molecule has 2 heterocycles. The molecule has 0 saturated carbocycles. The summed E-state index contributed by atoms with van der Waals surface area (Å²) in [5.41, 5.74) is 0.0654. The van der Waals surface area contributed by atoms with Crippen LogP contribution in [-0.4, -0.2) is 34.7 Å². The molecule has 136 valence electrons. The fourth-order valence-electron chi connectivity index (χ4n) is 2.74. The molecule has 0 amide bonds. The maximum absolute atomic E-state index is 12.6. The normalized spacial score (nSPS) is 20.1. The summed E-state index contributed by atoms with van der Waals surface area (Å²) in [6, 6.07) is 5.00. The van der Waals surface area contributed by atoms with E-state index >= 15 is 0 Å². The van der Waals surface area contributed by atoms with Gasteiger partial charge in [0.15, 0.2) is 15.0 Å². The number of halogens is 3. The minimum atomic E-state index is -4.34. The van der Waals surface area contributed by atoms with Gasteiger partial charge in [0.25, 0.3) is 0 Å². The van der Waals surface area contributed by atoms with Crippen LogP contribution in [0.25, 0.3) is 0 Å². The first kappa shape index (κ1) is 18.2. The van der Waals surface area contributed by atoms with E-state index in [9.17, 15) is 21.6 Å². The predicted octanol–water partition coefficient (Wildman–Crippen LogP) is 3.03. The third-order valence-corrected chi connectivity index (χ3v) is 6.97. The average molecular weight is 391 g/mol. The second-order valence-electron chi connectivity index (χ2n) is 5.98. The van der Waals surface area contributed by atoms with Crippen molar-refractivity contribution >= 4 is 21.6 Å². The molecule has 25 heavy (non-hydrogen) atoms. The van der Waals surface area contributed by atoms with E-state index in [1.165, 1.54) is 23.9 Å². The van der Waals surface area contributed by atoms with Crippen LogP contribution in [0.5, 0.6) is 0 Å². The van der Waals surface area contributed by atoms with Crippen molar-refractivity contribution in [3.05, 3.63) is 41.2 Å². The van der Waals surface area contributed by atoms with Crippen molar-refractivity contribution in [3.63, 3.8) is 0 Å². The van der Waals surface area contributed by atoms with Gasteiger partial charge >= 0.3 is 6.18 Å². The fourth-order valence-corrected chi connectivity index (χ4v) is 5.36. The molecule has 1 atom stereocenters. The zero-order valence-electron chi connectivity index (χ0n) is 13.3. The Bertz CT molecular complexity index is 861. The highest BCUT2D eigenvalue weighted by Crippen LogP contribution is 2.32. The molecular formula is C15H16F3N3O2S2. The van der Waals surface area contributed by atoms with E-state index in [4.69, 9.17) is 0 Å². The largest absolute Gasteiger partial charge is 0.416 e. The van der Waals surface area contributed by atoms with Gasteiger partial charge in [-0.3, -0.25) is 0 Å². The molecule has 0 unspecified atom stereocenters. The lowest BCUT2D eigenvalue weighted by atomic mass is 10.1. The van der Waals surface area contributed by atoms with Crippen molar-refractivity contribution in [1.29, 1.82) is 0 Å². The number of aromatic nitrogens is 3. The van der Waals surface area contributed by atoms with Crippen molar-refractivity contribution in [2.45, 2.75) is 29.4 Å². The molecule has 1 fully saturated rings. The smallest absolute Gasteiger partial charge is 0.309 e. The van der Waals surface area contributed by atoms with Crippen LogP contribution in [0, 0.1) is 0 Å². The molecule has 2 aromatic rings. The second kappa shape index (κ2) is 6.64. The molecule has 0 aliphatic carbocycles. The van der Waals surface area contributed by atoms with Crippen LogP contribution < -0.4 is 0 Å². The van der Waals surface area contributed by atoms with Crippen LogP contribution in [-0.2, 0) is 28.8 Å². The van der Waals surface area contributed by atoms with Gasteiger partial charge in [0.05, 0.1) is 17.1 Å². The number of sulfone groups is 1. The second-order valence-corrected chi connectivity index (χ2v) is 9.15. The molecule has 1 aliphatic heterocycles. The van der Waals surface area contributed by atoms with E-state index < -0.39 is 21.6 Å². The number of hydrogen-bond donors (Lipinski definition) is 0. The lowest BCUT2D eigenvalue weighted by molar-refractivity contribution is -0.137. The lowest BCUT2D eigenvalue weighted by Gasteiger charge is -2.09. The van der Waals surface area contributed by atoms with Gasteiger partial charge in [-0.05, 0) is 24.1 Å². The van der Waals surface area contributed by atoms with Gasteiger partial charge < -0.3 is 4.57 Å². The Hall–Kier alpha value is -1.55. The maximum Gasteiger partial charge on any atom is 0.416 e. The molecule has 1 saturated heterocycles. The Morgan fingerprint density at radius 1 is 1.24 bits per heavy atom. The summed E-state index contributed by atoms with van der Waals surface area (Å²) in [4.78, 5) is 0. The van der Waals surface area contributed by atoms with Crippen LogP contribution in [0.2, 0.25) is 0 Å². The highest BCUT2D eigenvalue weighted by atomic mass is 32.2. The average Bonchev–Trinajstić information content (AvgIpc) is 3.07. The van der Waals surface area contributed by atoms with Gasteiger partial charge in [0, 0.05) is 18.7 Å². The van der Waals surface area contributed by atoms with Gasteiger partial charge in [0.2, 0.25) is 0 Å². The van der Waals surface area contributed by atoms with E-state index in [0.29, 0.717) is 23.2 Å². The molecule has 0 radical (unpaired) electrons. The Labute approximate surface area is 147 Å². The number of benzene rings is 1. The Morgan fingerprint density at radius 2 is 1.92 bits per heavy atom. The summed E-state index contributed by atoms with van der Waals surface area (Å²) in [7, 11) is -1.23. The van der Waals surface area contributed by atoms with E-state index in [1.54, 1.807) is 11.6 Å². The van der Waals surface area contributed by atoms with Gasteiger partial charge in [0.1, 0.15) is 5.82 Å². The topological polar surface area (TPSA) is 64.8 Å². The maximum atomic E-state index is 12.6. The van der Waals surface area contributed by atoms with Crippen LogP contribution in [0.4, 0.5) is 13.2 Å². The first-order valence-corrected chi connectivity index (χ1v) is 10.3. The summed E-state index contributed by atoms with van der Waals surface area (Å²) >= 11 is 1.35. The summed E-state index contributed by atoms with van der Waals surface area (Å²) < 4.78 is 62.6. The Kier molecular flexibility index (Phi) is 4.84. The number of alkyl halides is 3. The third-order valence-electron chi connectivity index (χ3n) is 4.12. The minimum absolute atomic E-state index is 0.0859. The highest BCUT2D eigenvalue weighted by molar-refractivity contribution is 7.98.